The minimum Gasteiger partial charge on any atom is -0.378 e. The number of morpholine rings is 1. The third kappa shape index (κ3) is 5.81. The van der Waals surface area contributed by atoms with E-state index in [4.69, 9.17) is 4.74 Å². The van der Waals surface area contributed by atoms with Crippen LogP contribution in [-0.2, 0) is 20.9 Å². The zero-order chi connectivity index (χ0) is 20.6. The molecular weight excluding hydrogens is 366 g/mol. The van der Waals surface area contributed by atoms with Crippen molar-refractivity contribution in [2.75, 3.05) is 43.1 Å². The van der Waals surface area contributed by atoms with Crippen LogP contribution in [0.5, 0.6) is 0 Å². The summed E-state index contributed by atoms with van der Waals surface area (Å²) in [6, 6.07) is 15.8. The van der Waals surface area contributed by atoms with Crippen LogP contribution in [0.2, 0.25) is 0 Å². The molecule has 2 aromatic carbocycles. The average molecular weight is 396 g/mol. The molecule has 3 rings (SSSR count). The fraction of sp³-hybridized carbons (Fsp3) is 0.391. The number of amides is 2. The van der Waals surface area contributed by atoms with Crippen LogP contribution in [0, 0.1) is 6.92 Å². The second-order valence-corrected chi connectivity index (χ2v) is 7.28. The quantitative estimate of drug-likeness (QED) is 0.782. The van der Waals surface area contributed by atoms with Crippen LogP contribution in [0.25, 0.3) is 0 Å². The Morgan fingerprint density at radius 3 is 2.48 bits per heavy atom. The van der Waals surface area contributed by atoms with Gasteiger partial charge in [0.2, 0.25) is 11.8 Å². The molecule has 2 aromatic rings. The number of rotatable bonds is 7. The Kier molecular flexibility index (Phi) is 7.25. The van der Waals surface area contributed by atoms with Gasteiger partial charge in [-0.15, -0.1) is 0 Å². The number of benzene rings is 2. The van der Waals surface area contributed by atoms with Crippen molar-refractivity contribution in [1.82, 2.24) is 4.90 Å². The van der Waals surface area contributed by atoms with Crippen LogP contribution >= 0.6 is 0 Å². The van der Waals surface area contributed by atoms with E-state index in [0.29, 0.717) is 26.3 Å². The first-order valence-electron chi connectivity index (χ1n) is 10.1. The zero-order valence-corrected chi connectivity index (χ0v) is 17.2. The lowest BCUT2D eigenvalue weighted by Gasteiger charge is -2.30. The molecule has 0 aromatic heterocycles. The first kappa shape index (κ1) is 20.9. The summed E-state index contributed by atoms with van der Waals surface area (Å²) in [5.74, 6) is -0.128. The summed E-state index contributed by atoms with van der Waals surface area (Å²) in [7, 11) is 0. The third-order valence-electron chi connectivity index (χ3n) is 5.21. The highest BCUT2D eigenvalue weighted by Crippen LogP contribution is 2.26. The van der Waals surface area contributed by atoms with E-state index in [9.17, 15) is 9.59 Å². The van der Waals surface area contributed by atoms with Gasteiger partial charge >= 0.3 is 0 Å². The summed E-state index contributed by atoms with van der Waals surface area (Å²) in [6.45, 7) is 7.47. The molecule has 1 saturated heterocycles. The molecule has 0 spiro atoms. The topological polar surface area (TPSA) is 61.9 Å². The fourth-order valence-electron chi connectivity index (χ4n) is 3.45. The second kappa shape index (κ2) is 10.1. The molecule has 29 heavy (non-hydrogen) atoms. The summed E-state index contributed by atoms with van der Waals surface area (Å²) in [6.07, 6.45) is 0.253. The molecule has 1 heterocycles. The van der Waals surface area contributed by atoms with Crippen LogP contribution in [0.1, 0.15) is 24.5 Å². The van der Waals surface area contributed by atoms with Gasteiger partial charge in [0.25, 0.3) is 0 Å². The standard InChI is InChI=1S/C23H29N3O3/c1-18-7-3-4-8-20(18)17-26(19(2)27)12-11-23(28)24-21-9-5-6-10-22(21)25-13-15-29-16-14-25/h3-10H,11-17H2,1-2H3,(H,24,28). The number of carbonyl (C=O) groups is 2. The first-order valence-corrected chi connectivity index (χ1v) is 10.1. The Labute approximate surface area is 172 Å². The Hall–Kier alpha value is -2.86. The predicted octanol–water partition coefficient (Wildman–Crippen LogP) is 3.21. The summed E-state index contributed by atoms with van der Waals surface area (Å²) in [5, 5.41) is 3.02. The highest BCUT2D eigenvalue weighted by molar-refractivity contribution is 5.94. The van der Waals surface area contributed by atoms with Crippen molar-refractivity contribution in [3.05, 3.63) is 59.7 Å². The Morgan fingerprint density at radius 2 is 1.76 bits per heavy atom. The lowest BCUT2D eigenvalue weighted by Crippen LogP contribution is -2.37. The zero-order valence-electron chi connectivity index (χ0n) is 17.2. The monoisotopic (exact) mass is 395 g/mol. The first-order chi connectivity index (χ1) is 14.0. The Morgan fingerprint density at radius 1 is 1.07 bits per heavy atom. The van der Waals surface area contributed by atoms with Gasteiger partial charge < -0.3 is 19.9 Å². The van der Waals surface area contributed by atoms with Gasteiger partial charge in [-0.1, -0.05) is 36.4 Å². The van der Waals surface area contributed by atoms with Crippen LogP contribution < -0.4 is 10.2 Å². The largest absolute Gasteiger partial charge is 0.378 e. The van der Waals surface area contributed by atoms with Crippen molar-refractivity contribution >= 4 is 23.2 Å². The highest BCUT2D eigenvalue weighted by Gasteiger charge is 2.17. The molecule has 1 N–H and O–H groups in total. The maximum atomic E-state index is 12.6. The summed E-state index contributed by atoms with van der Waals surface area (Å²) in [4.78, 5) is 28.6. The van der Waals surface area contributed by atoms with E-state index in [1.54, 1.807) is 11.8 Å². The van der Waals surface area contributed by atoms with Gasteiger partial charge in [0, 0.05) is 39.5 Å². The van der Waals surface area contributed by atoms with E-state index in [1.807, 2.05) is 55.5 Å². The van der Waals surface area contributed by atoms with Gasteiger partial charge in [-0.05, 0) is 30.2 Å². The number of nitrogens with one attached hydrogen (secondary N) is 1. The second-order valence-electron chi connectivity index (χ2n) is 7.28. The maximum Gasteiger partial charge on any atom is 0.226 e. The lowest BCUT2D eigenvalue weighted by atomic mass is 10.1. The molecule has 0 unspecified atom stereocenters. The molecule has 2 amide bonds. The number of anilines is 2. The number of hydrogen-bond donors (Lipinski definition) is 1. The Balaban J connectivity index is 1.60. The number of para-hydroxylation sites is 2. The average Bonchev–Trinajstić information content (AvgIpc) is 2.73. The SMILES string of the molecule is CC(=O)N(CCC(=O)Nc1ccccc1N1CCOCC1)Cc1ccccc1C. The van der Waals surface area contributed by atoms with E-state index in [1.165, 1.54) is 0 Å². The van der Waals surface area contributed by atoms with Gasteiger partial charge in [0.1, 0.15) is 0 Å². The van der Waals surface area contributed by atoms with Gasteiger partial charge in [-0.25, -0.2) is 0 Å². The van der Waals surface area contributed by atoms with Gasteiger partial charge in [0.15, 0.2) is 0 Å². The van der Waals surface area contributed by atoms with E-state index in [-0.39, 0.29) is 18.2 Å². The molecular formula is C23H29N3O3. The van der Waals surface area contributed by atoms with Gasteiger partial charge in [0.05, 0.1) is 24.6 Å². The van der Waals surface area contributed by atoms with Crippen LogP contribution in [0.4, 0.5) is 11.4 Å². The number of ether oxygens (including phenoxy) is 1. The van der Waals surface area contributed by atoms with Crippen molar-refractivity contribution in [3.8, 4) is 0 Å². The van der Waals surface area contributed by atoms with Crippen molar-refractivity contribution < 1.29 is 14.3 Å². The normalized spacial score (nSPS) is 13.8. The van der Waals surface area contributed by atoms with E-state index >= 15 is 0 Å². The molecule has 1 aliphatic heterocycles. The summed E-state index contributed by atoms with van der Waals surface area (Å²) >= 11 is 0. The molecule has 0 aliphatic carbocycles. The Bertz CT molecular complexity index is 847. The van der Waals surface area contributed by atoms with Crippen molar-refractivity contribution in [2.24, 2.45) is 0 Å². The minimum absolute atomic E-state index is 0.0326. The smallest absolute Gasteiger partial charge is 0.226 e. The van der Waals surface area contributed by atoms with E-state index in [0.717, 1.165) is 35.6 Å². The third-order valence-corrected chi connectivity index (χ3v) is 5.21. The number of carbonyl (C=O) groups excluding carboxylic acids is 2. The van der Waals surface area contributed by atoms with E-state index in [2.05, 4.69) is 10.2 Å². The van der Waals surface area contributed by atoms with Crippen LogP contribution in [-0.4, -0.2) is 49.6 Å². The molecule has 0 saturated carbocycles. The fourth-order valence-corrected chi connectivity index (χ4v) is 3.45. The summed E-state index contributed by atoms with van der Waals surface area (Å²) < 4.78 is 5.42. The van der Waals surface area contributed by atoms with Crippen LogP contribution in [0.3, 0.4) is 0 Å². The molecule has 6 heteroatoms. The molecule has 0 atom stereocenters. The highest BCUT2D eigenvalue weighted by atomic mass is 16.5. The number of aryl methyl sites for hydroxylation is 1. The van der Waals surface area contributed by atoms with Crippen molar-refractivity contribution in [3.63, 3.8) is 0 Å². The van der Waals surface area contributed by atoms with Crippen molar-refractivity contribution in [1.29, 1.82) is 0 Å². The number of hydrogen-bond acceptors (Lipinski definition) is 4. The van der Waals surface area contributed by atoms with Gasteiger partial charge in [-0.2, -0.15) is 0 Å². The van der Waals surface area contributed by atoms with Crippen LogP contribution in [0.15, 0.2) is 48.5 Å². The van der Waals surface area contributed by atoms with Crippen molar-refractivity contribution in [2.45, 2.75) is 26.8 Å². The predicted molar refractivity (Wildman–Crippen MR) is 115 cm³/mol. The van der Waals surface area contributed by atoms with Gasteiger partial charge in [-0.3, -0.25) is 9.59 Å². The molecule has 6 nitrogen and oxygen atoms in total. The molecule has 0 radical (unpaired) electrons. The minimum atomic E-state index is -0.0956. The molecule has 0 bridgehead atoms. The molecule has 1 aliphatic rings. The molecule has 1 fully saturated rings. The molecule has 154 valence electrons. The summed E-state index contributed by atoms with van der Waals surface area (Å²) in [5.41, 5.74) is 4.04. The number of nitrogens with zero attached hydrogens (tertiary/aromatic N) is 2. The van der Waals surface area contributed by atoms with E-state index < -0.39 is 0 Å². The maximum absolute atomic E-state index is 12.6. The lowest BCUT2D eigenvalue weighted by molar-refractivity contribution is -0.129.